The first-order valence-corrected chi connectivity index (χ1v) is 10.2. The van der Waals surface area contributed by atoms with Gasteiger partial charge in [-0.25, -0.2) is 4.79 Å². The van der Waals surface area contributed by atoms with E-state index in [1.807, 2.05) is 51.1 Å². The van der Waals surface area contributed by atoms with Gasteiger partial charge < -0.3 is 20.5 Å². The summed E-state index contributed by atoms with van der Waals surface area (Å²) in [5.74, 6) is 1.61. The first kappa shape index (κ1) is 20.2. The molecule has 0 aliphatic heterocycles. The zero-order valence-electron chi connectivity index (χ0n) is 16.8. The molecule has 150 valence electrons. The SMILES string of the molecule is CC(C)(C)NC(=O)O[C@@H](Cc1ccccc1)[C@H](O)CN[C@H]1CC2CCC1C2. The standard InChI is InChI=1S/C22H34N2O3/c1-22(2,3)24-21(26)27-20(13-15-7-5-4-6-8-15)19(25)14-23-18-12-16-9-10-17(18)11-16/h4-8,16-20,23,25H,9-14H2,1-3H3,(H,24,26)/t16?,17?,18-,19+,20-/m0/s1. The van der Waals surface area contributed by atoms with E-state index in [-0.39, 0.29) is 5.54 Å². The third kappa shape index (κ3) is 5.94. The predicted molar refractivity (Wildman–Crippen MR) is 107 cm³/mol. The topological polar surface area (TPSA) is 70.6 Å². The van der Waals surface area contributed by atoms with Gasteiger partial charge in [0.05, 0.1) is 0 Å². The molecule has 2 unspecified atom stereocenters. The van der Waals surface area contributed by atoms with E-state index in [4.69, 9.17) is 4.74 Å². The maximum atomic E-state index is 12.3. The molecule has 2 fully saturated rings. The molecule has 0 spiro atoms. The van der Waals surface area contributed by atoms with Crippen molar-refractivity contribution in [2.24, 2.45) is 11.8 Å². The lowest BCUT2D eigenvalue weighted by molar-refractivity contribution is -0.000299. The molecular formula is C22H34N2O3. The molecule has 2 saturated carbocycles. The van der Waals surface area contributed by atoms with Crippen molar-refractivity contribution in [3.8, 4) is 0 Å². The van der Waals surface area contributed by atoms with E-state index >= 15 is 0 Å². The van der Waals surface area contributed by atoms with Crippen LogP contribution < -0.4 is 10.6 Å². The molecule has 5 nitrogen and oxygen atoms in total. The van der Waals surface area contributed by atoms with Crippen molar-refractivity contribution in [3.05, 3.63) is 35.9 Å². The second-order valence-electron chi connectivity index (χ2n) is 9.27. The molecule has 2 aliphatic rings. The van der Waals surface area contributed by atoms with Crippen LogP contribution in [0.2, 0.25) is 0 Å². The van der Waals surface area contributed by atoms with Crippen molar-refractivity contribution in [2.75, 3.05) is 6.54 Å². The lowest BCUT2D eigenvalue weighted by atomic mass is 9.95. The maximum Gasteiger partial charge on any atom is 0.407 e. The minimum absolute atomic E-state index is 0.374. The Labute approximate surface area is 162 Å². The normalized spacial score (nSPS) is 26.6. The summed E-state index contributed by atoms with van der Waals surface area (Å²) in [6.07, 6.45) is 3.89. The van der Waals surface area contributed by atoms with Gasteiger partial charge in [0.1, 0.15) is 12.2 Å². The molecule has 0 heterocycles. The fourth-order valence-corrected chi connectivity index (χ4v) is 4.47. The van der Waals surface area contributed by atoms with E-state index in [2.05, 4.69) is 10.6 Å². The number of rotatable bonds is 7. The molecule has 2 bridgehead atoms. The molecule has 3 N–H and O–H groups in total. The third-order valence-electron chi connectivity index (χ3n) is 5.77. The van der Waals surface area contributed by atoms with Crippen molar-refractivity contribution in [1.82, 2.24) is 10.6 Å². The van der Waals surface area contributed by atoms with Crippen molar-refractivity contribution in [3.63, 3.8) is 0 Å². The zero-order valence-corrected chi connectivity index (χ0v) is 16.8. The number of nitrogens with one attached hydrogen (secondary N) is 2. The summed E-state index contributed by atoms with van der Waals surface area (Å²) in [6.45, 7) is 6.18. The number of amides is 1. The van der Waals surface area contributed by atoms with Gasteiger partial charge in [0, 0.05) is 24.5 Å². The van der Waals surface area contributed by atoms with E-state index in [0.29, 0.717) is 19.0 Å². The Morgan fingerprint density at radius 2 is 1.96 bits per heavy atom. The van der Waals surface area contributed by atoms with Crippen LogP contribution in [0.3, 0.4) is 0 Å². The Kier molecular flexibility index (Phi) is 6.43. The second kappa shape index (κ2) is 8.61. The fourth-order valence-electron chi connectivity index (χ4n) is 4.47. The minimum atomic E-state index is -0.741. The van der Waals surface area contributed by atoms with Gasteiger partial charge in [-0.05, 0) is 57.4 Å². The summed E-state index contributed by atoms with van der Waals surface area (Å²) in [6, 6.07) is 10.4. The van der Waals surface area contributed by atoms with Gasteiger partial charge in [0.15, 0.2) is 0 Å². The van der Waals surface area contributed by atoms with Crippen LogP contribution in [0, 0.1) is 11.8 Å². The second-order valence-corrected chi connectivity index (χ2v) is 9.27. The Balaban J connectivity index is 1.58. The molecule has 1 amide bonds. The molecule has 5 atom stereocenters. The number of alkyl carbamates (subject to hydrolysis) is 1. The van der Waals surface area contributed by atoms with Crippen LogP contribution in [0.25, 0.3) is 0 Å². The third-order valence-corrected chi connectivity index (χ3v) is 5.77. The van der Waals surface area contributed by atoms with E-state index in [0.717, 1.165) is 17.4 Å². The van der Waals surface area contributed by atoms with Crippen LogP contribution in [0.5, 0.6) is 0 Å². The largest absolute Gasteiger partial charge is 0.443 e. The number of benzene rings is 1. The molecule has 1 aromatic rings. The van der Waals surface area contributed by atoms with E-state index in [9.17, 15) is 9.90 Å². The molecule has 27 heavy (non-hydrogen) atoms. The highest BCUT2D eigenvalue weighted by Crippen LogP contribution is 2.44. The number of ether oxygens (including phenoxy) is 1. The monoisotopic (exact) mass is 374 g/mol. The van der Waals surface area contributed by atoms with Crippen LogP contribution in [0.15, 0.2) is 30.3 Å². The van der Waals surface area contributed by atoms with Gasteiger partial charge >= 0.3 is 6.09 Å². The Morgan fingerprint density at radius 3 is 2.56 bits per heavy atom. The summed E-state index contributed by atoms with van der Waals surface area (Å²) in [5, 5.41) is 17.1. The van der Waals surface area contributed by atoms with Crippen LogP contribution in [0.4, 0.5) is 4.79 Å². The molecule has 0 aromatic heterocycles. The van der Waals surface area contributed by atoms with Gasteiger partial charge in [-0.15, -0.1) is 0 Å². The summed E-state index contributed by atoms with van der Waals surface area (Å²) >= 11 is 0. The maximum absolute atomic E-state index is 12.3. The van der Waals surface area contributed by atoms with Crippen molar-refractivity contribution >= 4 is 6.09 Å². The lowest BCUT2D eigenvalue weighted by Gasteiger charge is -2.29. The van der Waals surface area contributed by atoms with E-state index < -0.39 is 18.3 Å². The lowest BCUT2D eigenvalue weighted by Crippen LogP contribution is -2.48. The Morgan fingerprint density at radius 1 is 1.22 bits per heavy atom. The number of fused-ring (bicyclic) bond motifs is 2. The van der Waals surface area contributed by atoms with Crippen LogP contribution in [-0.2, 0) is 11.2 Å². The number of aliphatic hydroxyl groups is 1. The summed E-state index contributed by atoms with van der Waals surface area (Å²) in [7, 11) is 0. The molecule has 0 saturated heterocycles. The van der Waals surface area contributed by atoms with Crippen molar-refractivity contribution < 1.29 is 14.6 Å². The predicted octanol–water partition coefficient (Wildman–Crippen LogP) is 3.26. The van der Waals surface area contributed by atoms with Crippen LogP contribution in [0.1, 0.15) is 52.0 Å². The van der Waals surface area contributed by atoms with Crippen molar-refractivity contribution in [2.45, 2.75) is 76.7 Å². The number of hydrogen-bond donors (Lipinski definition) is 3. The summed E-state index contributed by atoms with van der Waals surface area (Å²) < 4.78 is 5.63. The Bertz CT molecular complexity index is 614. The fraction of sp³-hybridized carbons (Fsp3) is 0.682. The smallest absolute Gasteiger partial charge is 0.407 e. The quantitative estimate of drug-likeness (QED) is 0.685. The molecule has 5 heteroatoms. The van der Waals surface area contributed by atoms with Gasteiger partial charge in [-0.3, -0.25) is 0 Å². The highest BCUT2D eigenvalue weighted by Gasteiger charge is 2.39. The van der Waals surface area contributed by atoms with Gasteiger partial charge in [0.25, 0.3) is 0 Å². The average molecular weight is 375 g/mol. The van der Waals surface area contributed by atoms with E-state index in [1.165, 1.54) is 25.7 Å². The minimum Gasteiger partial charge on any atom is -0.443 e. The average Bonchev–Trinajstić information content (AvgIpc) is 3.21. The zero-order chi connectivity index (χ0) is 19.4. The number of carbonyl (C=O) groups is 1. The van der Waals surface area contributed by atoms with Crippen LogP contribution >= 0.6 is 0 Å². The van der Waals surface area contributed by atoms with Gasteiger partial charge in [0.2, 0.25) is 0 Å². The molecule has 2 aliphatic carbocycles. The highest BCUT2D eigenvalue weighted by molar-refractivity contribution is 5.68. The molecule has 3 rings (SSSR count). The number of aliphatic hydroxyl groups excluding tert-OH is 1. The molecule has 0 radical (unpaired) electrons. The molecule has 1 aromatic carbocycles. The number of carbonyl (C=O) groups excluding carboxylic acids is 1. The first-order valence-electron chi connectivity index (χ1n) is 10.2. The number of hydrogen-bond acceptors (Lipinski definition) is 4. The summed E-state index contributed by atoms with van der Waals surface area (Å²) in [4.78, 5) is 12.3. The highest BCUT2D eigenvalue weighted by atomic mass is 16.6. The Hall–Kier alpha value is -1.59. The molecular weight excluding hydrogens is 340 g/mol. The van der Waals surface area contributed by atoms with E-state index in [1.54, 1.807) is 0 Å². The van der Waals surface area contributed by atoms with Gasteiger partial charge in [-0.2, -0.15) is 0 Å². The van der Waals surface area contributed by atoms with Gasteiger partial charge in [-0.1, -0.05) is 36.8 Å². The first-order chi connectivity index (χ1) is 12.8. The van der Waals surface area contributed by atoms with Crippen molar-refractivity contribution in [1.29, 1.82) is 0 Å². The van der Waals surface area contributed by atoms with Crippen LogP contribution in [-0.4, -0.2) is 41.5 Å². The summed E-state index contributed by atoms with van der Waals surface area (Å²) in [5.41, 5.74) is 0.672.